The molecule has 5 heteroatoms. The van der Waals surface area contributed by atoms with Gasteiger partial charge in [0.1, 0.15) is 5.82 Å². The first-order valence-electron chi connectivity index (χ1n) is 7.72. The molecule has 0 aliphatic heterocycles. The van der Waals surface area contributed by atoms with E-state index in [0.717, 1.165) is 16.7 Å². The second kappa shape index (κ2) is 8.27. The van der Waals surface area contributed by atoms with Crippen molar-refractivity contribution in [3.8, 4) is 0 Å². The average molecular weight is 350 g/mol. The van der Waals surface area contributed by atoms with Crippen LogP contribution in [0.4, 0.5) is 4.39 Å². The number of primary amides is 1. The molecular weight excluding hydrogens is 329 g/mol. The largest absolute Gasteiger partial charge is 0.380 e. The molecule has 2 aromatic rings. The van der Waals surface area contributed by atoms with Crippen LogP contribution in [0.3, 0.4) is 0 Å². The van der Waals surface area contributed by atoms with E-state index in [9.17, 15) is 9.18 Å². The molecule has 128 valence electrons. The summed E-state index contributed by atoms with van der Waals surface area (Å²) >= 11 is 6.02. The lowest BCUT2D eigenvalue weighted by atomic mass is 9.84. The van der Waals surface area contributed by atoms with Crippen molar-refractivity contribution < 1.29 is 13.9 Å². The van der Waals surface area contributed by atoms with Crippen LogP contribution in [0.25, 0.3) is 0 Å². The number of benzene rings is 2. The molecule has 1 amide bonds. The molecule has 2 rings (SSSR count). The van der Waals surface area contributed by atoms with Gasteiger partial charge in [-0.3, -0.25) is 4.79 Å². The maximum atomic E-state index is 13.3. The van der Waals surface area contributed by atoms with Crippen LogP contribution in [-0.4, -0.2) is 19.1 Å². The number of nitrogens with two attached hydrogens (primary N) is 1. The number of carbonyl (C=O) groups excluding carboxylic acids is 1. The Labute approximate surface area is 146 Å². The van der Waals surface area contributed by atoms with Gasteiger partial charge >= 0.3 is 0 Å². The number of ether oxygens (including phenoxy) is 1. The number of halogens is 2. The molecule has 0 aliphatic carbocycles. The highest BCUT2D eigenvalue weighted by Crippen LogP contribution is 2.30. The first-order valence-corrected chi connectivity index (χ1v) is 8.10. The van der Waals surface area contributed by atoms with Crippen molar-refractivity contribution in [3.05, 3.63) is 70.0 Å². The number of carbonyl (C=O) groups is 1. The summed E-state index contributed by atoms with van der Waals surface area (Å²) in [5.41, 5.74) is 8.41. The molecule has 0 saturated carbocycles. The Morgan fingerprint density at radius 2 is 1.92 bits per heavy atom. The fraction of sp³-hybridized carbons (Fsp3) is 0.316. The van der Waals surface area contributed by atoms with Gasteiger partial charge in [-0.2, -0.15) is 0 Å². The van der Waals surface area contributed by atoms with Crippen molar-refractivity contribution in [3.63, 3.8) is 0 Å². The summed E-state index contributed by atoms with van der Waals surface area (Å²) in [4.78, 5) is 11.4. The molecule has 0 spiro atoms. The van der Waals surface area contributed by atoms with Crippen LogP contribution in [0, 0.1) is 12.7 Å². The third kappa shape index (κ3) is 4.79. The van der Waals surface area contributed by atoms with Crippen LogP contribution < -0.4 is 5.73 Å². The lowest BCUT2D eigenvalue weighted by molar-refractivity contribution is -0.120. The van der Waals surface area contributed by atoms with Crippen molar-refractivity contribution in [2.45, 2.75) is 31.8 Å². The van der Waals surface area contributed by atoms with Crippen molar-refractivity contribution in [1.29, 1.82) is 0 Å². The fourth-order valence-corrected chi connectivity index (χ4v) is 3.11. The van der Waals surface area contributed by atoms with Gasteiger partial charge in [0, 0.05) is 18.1 Å². The standard InChI is InChI=1S/C19H21ClFNO2/c1-12-9-15(20)6-3-14(12)10-17(18(24-2)11-19(22)23)13-4-7-16(21)8-5-13/h3-9,17-18H,10-11H2,1-2H3,(H2,22,23)/t17-,18-/m1/s1. The Kier molecular flexibility index (Phi) is 6.35. The predicted molar refractivity (Wildman–Crippen MR) is 93.6 cm³/mol. The summed E-state index contributed by atoms with van der Waals surface area (Å²) in [6.45, 7) is 1.98. The van der Waals surface area contributed by atoms with Crippen LogP contribution >= 0.6 is 11.6 Å². The van der Waals surface area contributed by atoms with E-state index in [0.29, 0.717) is 11.4 Å². The Morgan fingerprint density at radius 3 is 2.46 bits per heavy atom. The molecule has 0 aromatic heterocycles. The van der Waals surface area contributed by atoms with Gasteiger partial charge in [0.2, 0.25) is 5.91 Å². The lowest BCUT2D eigenvalue weighted by Crippen LogP contribution is -2.29. The monoisotopic (exact) mass is 349 g/mol. The third-order valence-electron chi connectivity index (χ3n) is 4.20. The lowest BCUT2D eigenvalue weighted by Gasteiger charge is -2.26. The molecular formula is C19H21ClFNO2. The van der Waals surface area contributed by atoms with Gasteiger partial charge in [0.15, 0.2) is 0 Å². The molecule has 2 aromatic carbocycles. The molecule has 0 aliphatic rings. The number of hydrogen-bond donors (Lipinski definition) is 1. The van der Waals surface area contributed by atoms with E-state index in [1.165, 1.54) is 12.1 Å². The molecule has 2 atom stereocenters. The SMILES string of the molecule is CO[C@H](CC(N)=O)[C@H](Cc1ccc(Cl)cc1C)c1ccc(F)cc1. The number of hydrogen-bond acceptors (Lipinski definition) is 2. The van der Waals surface area contributed by atoms with Crippen LogP contribution in [-0.2, 0) is 16.0 Å². The average Bonchev–Trinajstić information content (AvgIpc) is 2.53. The van der Waals surface area contributed by atoms with Crippen molar-refractivity contribution in [2.24, 2.45) is 5.73 Å². The van der Waals surface area contributed by atoms with Crippen molar-refractivity contribution in [1.82, 2.24) is 0 Å². The minimum Gasteiger partial charge on any atom is -0.380 e. The molecule has 3 nitrogen and oxygen atoms in total. The zero-order chi connectivity index (χ0) is 17.7. The molecule has 0 heterocycles. The summed E-state index contributed by atoms with van der Waals surface area (Å²) in [5, 5.41) is 0.676. The maximum Gasteiger partial charge on any atom is 0.220 e. The Hall–Kier alpha value is -1.91. The van der Waals surface area contributed by atoms with Crippen LogP contribution in [0.5, 0.6) is 0 Å². The summed E-state index contributed by atoms with van der Waals surface area (Å²) in [6, 6.07) is 12.0. The molecule has 2 N–H and O–H groups in total. The topological polar surface area (TPSA) is 52.3 Å². The van der Waals surface area contributed by atoms with Crippen LogP contribution in [0.2, 0.25) is 5.02 Å². The summed E-state index contributed by atoms with van der Waals surface area (Å²) < 4.78 is 18.8. The predicted octanol–water partition coefficient (Wildman–Crippen LogP) is 4.00. The number of methoxy groups -OCH3 is 1. The van der Waals surface area contributed by atoms with E-state index >= 15 is 0 Å². The maximum absolute atomic E-state index is 13.3. The third-order valence-corrected chi connectivity index (χ3v) is 4.43. The van der Waals surface area contributed by atoms with Gasteiger partial charge in [-0.25, -0.2) is 4.39 Å². The highest BCUT2D eigenvalue weighted by Gasteiger charge is 2.26. The zero-order valence-corrected chi connectivity index (χ0v) is 14.5. The first-order chi connectivity index (χ1) is 11.4. The molecule has 24 heavy (non-hydrogen) atoms. The van der Waals surface area contributed by atoms with Crippen molar-refractivity contribution in [2.75, 3.05) is 7.11 Å². The normalized spacial score (nSPS) is 13.5. The quantitative estimate of drug-likeness (QED) is 0.821. The Bertz CT molecular complexity index is 703. The van der Waals surface area contributed by atoms with Gasteiger partial charge < -0.3 is 10.5 Å². The van der Waals surface area contributed by atoms with Crippen molar-refractivity contribution >= 4 is 17.5 Å². The van der Waals surface area contributed by atoms with Gasteiger partial charge in [0.05, 0.1) is 12.5 Å². The Balaban J connectivity index is 2.37. The summed E-state index contributed by atoms with van der Waals surface area (Å²) in [6.07, 6.45) is 0.356. The number of aryl methyl sites for hydroxylation is 1. The van der Waals surface area contributed by atoms with E-state index < -0.39 is 5.91 Å². The van der Waals surface area contributed by atoms with E-state index in [1.807, 2.05) is 25.1 Å². The number of rotatable bonds is 7. The van der Waals surface area contributed by atoms with Crippen LogP contribution in [0.1, 0.15) is 29.0 Å². The van der Waals surface area contributed by atoms with E-state index in [1.54, 1.807) is 19.2 Å². The van der Waals surface area contributed by atoms with E-state index in [-0.39, 0.29) is 24.3 Å². The minimum absolute atomic E-state index is 0.102. The smallest absolute Gasteiger partial charge is 0.220 e. The molecule has 0 bridgehead atoms. The van der Waals surface area contributed by atoms with E-state index in [2.05, 4.69) is 0 Å². The zero-order valence-electron chi connectivity index (χ0n) is 13.8. The van der Waals surface area contributed by atoms with Gasteiger partial charge in [-0.15, -0.1) is 0 Å². The summed E-state index contributed by atoms with van der Waals surface area (Å²) in [5.74, 6) is -0.853. The number of amides is 1. The highest BCUT2D eigenvalue weighted by atomic mass is 35.5. The van der Waals surface area contributed by atoms with Gasteiger partial charge in [0.25, 0.3) is 0 Å². The fourth-order valence-electron chi connectivity index (χ4n) is 2.89. The molecule has 0 fully saturated rings. The second-order valence-corrected chi connectivity index (χ2v) is 6.31. The first kappa shape index (κ1) is 18.4. The summed E-state index contributed by atoms with van der Waals surface area (Å²) in [7, 11) is 1.55. The molecule has 0 saturated heterocycles. The molecule has 0 unspecified atom stereocenters. The Morgan fingerprint density at radius 1 is 1.25 bits per heavy atom. The van der Waals surface area contributed by atoms with Crippen LogP contribution in [0.15, 0.2) is 42.5 Å². The van der Waals surface area contributed by atoms with E-state index in [4.69, 9.17) is 22.1 Å². The molecule has 0 radical (unpaired) electrons. The minimum atomic E-state index is -0.429. The van der Waals surface area contributed by atoms with Gasteiger partial charge in [-0.1, -0.05) is 29.8 Å². The van der Waals surface area contributed by atoms with Gasteiger partial charge in [-0.05, 0) is 54.3 Å². The second-order valence-electron chi connectivity index (χ2n) is 5.88. The highest BCUT2D eigenvalue weighted by molar-refractivity contribution is 6.30.